The molecule has 0 aliphatic rings. The highest BCUT2D eigenvalue weighted by Gasteiger charge is 2.30. The first kappa shape index (κ1) is 25.5. The lowest BCUT2D eigenvalue weighted by molar-refractivity contribution is -0.137. The van der Waals surface area contributed by atoms with E-state index in [0.717, 1.165) is 34.6 Å². The monoisotopic (exact) mass is 486 g/mol. The second-order valence-corrected chi connectivity index (χ2v) is 7.82. The molecular formula is C25H25F3N4O3. The predicted molar refractivity (Wildman–Crippen MR) is 128 cm³/mol. The van der Waals surface area contributed by atoms with Gasteiger partial charge in [0, 0.05) is 11.9 Å². The molecule has 0 aliphatic carbocycles. The highest BCUT2D eigenvalue weighted by Crippen LogP contribution is 2.29. The number of anilines is 2. The summed E-state index contributed by atoms with van der Waals surface area (Å²) in [5, 5.41) is 6.85. The maximum atomic E-state index is 12.6. The second kappa shape index (κ2) is 10.9. The molecule has 0 saturated heterocycles. The van der Waals surface area contributed by atoms with Crippen molar-refractivity contribution in [3.8, 4) is 11.5 Å². The highest BCUT2D eigenvalue weighted by molar-refractivity contribution is 5.93. The number of rotatable bonds is 8. The zero-order chi connectivity index (χ0) is 25.6. The number of halogens is 3. The predicted octanol–water partition coefficient (Wildman–Crippen LogP) is 5.50. The van der Waals surface area contributed by atoms with Crippen molar-refractivity contribution >= 4 is 23.6 Å². The van der Waals surface area contributed by atoms with E-state index in [1.54, 1.807) is 18.2 Å². The smallest absolute Gasteiger partial charge is 0.417 e. The van der Waals surface area contributed by atoms with Crippen molar-refractivity contribution in [2.75, 3.05) is 24.5 Å². The average Bonchev–Trinajstić information content (AvgIpc) is 2.80. The minimum absolute atomic E-state index is 0.159. The van der Waals surface area contributed by atoms with Crippen LogP contribution in [0.15, 0.2) is 53.8 Å². The molecule has 2 N–H and O–H groups in total. The Hall–Kier alpha value is -4.08. The summed E-state index contributed by atoms with van der Waals surface area (Å²) in [6.45, 7) is 5.65. The summed E-state index contributed by atoms with van der Waals surface area (Å²) >= 11 is 0. The van der Waals surface area contributed by atoms with Gasteiger partial charge in [0.05, 0.1) is 18.9 Å². The third-order valence-corrected chi connectivity index (χ3v) is 4.97. The lowest BCUT2D eigenvalue weighted by atomic mass is 10.1. The number of alkyl halides is 3. The van der Waals surface area contributed by atoms with Crippen LogP contribution in [0.5, 0.6) is 11.5 Å². The number of benzene rings is 2. The Labute approximate surface area is 201 Å². The van der Waals surface area contributed by atoms with Crippen molar-refractivity contribution < 1.29 is 27.4 Å². The van der Waals surface area contributed by atoms with Crippen LogP contribution in [0.1, 0.15) is 27.8 Å². The van der Waals surface area contributed by atoms with Crippen molar-refractivity contribution in [1.29, 1.82) is 0 Å². The third-order valence-electron chi connectivity index (χ3n) is 4.97. The zero-order valence-corrected chi connectivity index (χ0v) is 19.7. The molecule has 3 aromatic rings. The molecule has 0 saturated carbocycles. The highest BCUT2D eigenvalue weighted by atomic mass is 19.4. The summed E-state index contributed by atoms with van der Waals surface area (Å²) in [6.07, 6.45) is -2.28. The number of carbonyl (C=O) groups is 1. The van der Waals surface area contributed by atoms with E-state index in [1.165, 1.54) is 19.4 Å². The number of amides is 1. The Morgan fingerprint density at radius 1 is 1.06 bits per heavy atom. The van der Waals surface area contributed by atoms with Crippen LogP contribution in [-0.2, 0) is 11.0 Å². The fourth-order valence-corrected chi connectivity index (χ4v) is 3.38. The van der Waals surface area contributed by atoms with Gasteiger partial charge in [-0.05, 0) is 67.8 Å². The number of hydrazone groups is 1. The topological polar surface area (TPSA) is 84.8 Å². The summed E-state index contributed by atoms with van der Waals surface area (Å²) < 4.78 is 48.8. The van der Waals surface area contributed by atoms with Gasteiger partial charge in [0.2, 0.25) is 0 Å². The van der Waals surface area contributed by atoms with Gasteiger partial charge in [0.25, 0.3) is 5.91 Å². The van der Waals surface area contributed by atoms with Gasteiger partial charge in [-0.2, -0.15) is 18.3 Å². The van der Waals surface area contributed by atoms with Gasteiger partial charge in [-0.15, -0.1) is 0 Å². The number of aryl methyl sites for hydroxylation is 3. The van der Waals surface area contributed by atoms with E-state index in [9.17, 15) is 18.0 Å². The van der Waals surface area contributed by atoms with Gasteiger partial charge in [-0.25, -0.2) is 4.98 Å². The van der Waals surface area contributed by atoms with Gasteiger partial charge in [0.15, 0.2) is 18.1 Å². The number of nitrogens with zero attached hydrogens (tertiary/aromatic N) is 2. The molecule has 1 heterocycles. The number of aromatic nitrogens is 1. The zero-order valence-electron chi connectivity index (χ0n) is 19.7. The summed E-state index contributed by atoms with van der Waals surface area (Å²) in [4.78, 5) is 16.1. The maximum Gasteiger partial charge on any atom is 0.417 e. The molecule has 0 unspecified atom stereocenters. The molecule has 0 spiro atoms. The molecular weight excluding hydrogens is 461 g/mol. The Balaban J connectivity index is 1.59. The molecule has 2 aromatic carbocycles. The number of nitrogens with one attached hydrogen (secondary N) is 2. The number of pyridine rings is 1. The molecule has 1 aromatic heterocycles. The van der Waals surface area contributed by atoms with Crippen molar-refractivity contribution in [3.05, 3.63) is 76.5 Å². The van der Waals surface area contributed by atoms with E-state index in [2.05, 4.69) is 20.8 Å². The van der Waals surface area contributed by atoms with Crippen LogP contribution in [0.2, 0.25) is 0 Å². The Bertz CT molecular complexity index is 1200. The van der Waals surface area contributed by atoms with Gasteiger partial charge in [-0.3, -0.25) is 10.2 Å². The molecule has 10 heteroatoms. The summed E-state index contributed by atoms with van der Waals surface area (Å²) in [5.41, 5.74) is 6.17. The molecule has 7 nitrogen and oxygen atoms in total. The lowest BCUT2D eigenvalue weighted by Crippen LogP contribution is -2.21. The molecule has 35 heavy (non-hydrogen) atoms. The van der Waals surface area contributed by atoms with Crippen molar-refractivity contribution in [2.45, 2.75) is 26.9 Å². The van der Waals surface area contributed by atoms with Crippen LogP contribution in [0.25, 0.3) is 0 Å². The Morgan fingerprint density at radius 3 is 2.37 bits per heavy atom. The van der Waals surface area contributed by atoms with Crippen LogP contribution < -0.4 is 20.2 Å². The van der Waals surface area contributed by atoms with Crippen LogP contribution in [-0.4, -0.2) is 30.8 Å². The van der Waals surface area contributed by atoms with E-state index < -0.39 is 11.7 Å². The van der Waals surface area contributed by atoms with Gasteiger partial charge in [-0.1, -0.05) is 17.7 Å². The minimum atomic E-state index is -4.45. The molecule has 3 rings (SSSR count). The van der Waals surface area contributed by atoms with Crippen molar-refractivity contribution in [3.63, 3.8) is 0 Å². The van der Waals surface area contributed by atoms with Crippen LogP contribution >= 0.6 is 0 Å². The molecule has 184 valence electrons. The van der Waals surface area contributed by atoms with E-state index in [1.807, 2.05) is 32.9 Å². The van der Waals surface area contributed by atoms with Gasteiger partial charge in [0.1, 0.15) is 5.82 Å². The molecule has 0 radical (unpaired) electrons. The molecule has 1 amide bonds. The second-order valence-electron chi connectivity index (χ2n) is 7.82. The summed E-state index contributed by atoms with van der Waals surface area (Å²) in [5.74, 6) is 0.610. The summed E-state index contributed by atoms with van der Waals surface area (Å²) in [6, 6.07) is 11.1. The van der Waals surface area contributed by atoms with E-state index >= 15 is 0 Å². The van der Waals surface area contributed by atoms with E-state index in [0.29, 0.717) is 17.1 Å². The minimum Gasteiger partial charge on any atom is -0.493 e. The van der Waals surface area contributed by atoms with Gasteiger partial charge < -0.3 is 14.8 Å². The van der Waals surface area contributed by atoms with Gasteiger partial charge >= 0.3 is 6.18 Å². The molecule has 0 atom stereocenters. The van der Waals surface area contributed by atoms with Crippen molar-refractivity contribution in [1.82, 2.24) is 4.98 Å². The largest absolute Gasteiger partial charge is 0.493 e. The third kappa shape index (κ3) is 6.95. The van der Waals surface area contributed by atoms with Crippen molar-refractivity contribution in [2.24, 2.45) is 5.10 Å². The number of ether oxygens (including phenoxy) is 2. The standard InChI is InChI=1S/C25H25F3N4O3/c1-15-9-16(2)24(17(3)10-15)31-23(33)14-35-20-7-5-18(11-21(20)34-4)12-30-32-22-8-6-19(13-29-22)25(26,27)28/h5-13H,14H2,1-4H3,(H,29,32)(H,31,33)/b30-12-. The number of methoxy groups -OCH3 is 1. The quantitative estimate of drug-likeness (QED) is 0.325. The van der Waals surface area contributed by atoms with Crippen LogP contribution in [0, 0.1) is 20.8 Å². The SMILES string of the molecule is COc1cc(/C=N\Nc2ccc(C(F)(F)F)cn2)ccc1OCC(=O)Nc1c(C)cc(C)cc1C. The first-order valence-corrected chi connectivity index (χ1v) is 10.6. The fourth-order valence-electron chi connectivity index (χ4n) is 3.38. The number of hydrogen-bond acceptors (Lipinski definition) is 6. The fraction of sp³-hybridized carbons (Fsp3) is 0.240. The Morgan fingerprint density at radius 2 is 1.77 bits per heavy atom. The van der Waals surface area contributed by atoms with Crippen LogP contribution in [0.3, 0.4) is 0 Å². The first-order chi connectivity index (χ1) is 16.6. The Kier molecular flexibility index (Phi) is 7.95. The van der Waals surface area contributed by atoms with E-state index in [-0.39, 0.29) is 18.3 Å². The summed E-state index contributed by atoms with van der Waals surface area (Å²) in [7, 11) is 1.46. The van der Waals surface area contributed by atoms with E-state index in [4.69, 9.17) is 9.47 Å². The number of hydrogen-bond donors (Lipinski definition) is 2. The average molecular weight is 486 g/mol. The number of carbonyl (C=O) groups excluding carboxylic acids is 1. The van der Waals surface area contributed by atoms with Crippen LogP contribution in [0.4, 0.5) is 24.7 Å². The molecule has 0 bridgehead atoms. The maximum absolute atomic E-state index is 12.6. The lowest BCUT2D eigenvalue weighted by Gasteiger charge is -2.14. The molecule has 0 aliphatic heterocycles. The molecule has 0 fully saturated rings. The normalized spacial score (nSPS) is 11.4. The first-order valence-electron chi connectivity index (χ1n) is 10.6.